The molecule has 0 saturated carbocycles. The van der Waals surface area contributed by atoms with Crippen molar-refractivity contribution in [2.45, 2.75) is 11.4 Å². The number of nitriles is 1. The van der Waals surface area contributed by atoms with Gasteiger partial charge in [-0.05, 0) is 42.2 Å². The van der Waals surface area contributed by atoms with E-state index in [9.17, 15) is 4.39 Å². The van der Waals surface area contributed by atoms with Gasteiger partial charge in [0.15, 0.2) is 0 Å². The summed E-state index contributed by atoms with van der Waals surface area (Å²) < 4.78 is 13.3. The maximum atomic E-state index is 13.3. The standard InChI is InChI=1S/C15H13FN2S/c1-19-15-5-3-2-4-14(15)18-10-12-6-11(9-17)7-13(16)8-12/h2-8,18H,10H2,1H3. The van der Waals surface area contributed by atoms with Crippen molar-refractivity contribution in [1.29, 1.82) is 5.26 Å². The molecule has 0 amide bonds. The monoisotopic (exact) mass is 272 g/mol. The molecule has 2 rings (SSSR count). The van der Waals surface area contributed by atoms with E-state index in [0.717, 1.165) is 16.1 Å². The largest absolute Gasteiger partial charge is 0.380 e. The summed E-state index contributed by atoms with van der Waals surface area (Å²) in [5, 5.41) is 12.1. The van der Waals surface area contributed by atoms with Crippen LogP contribution in [-0.4, -0.2) is 6.26 Å². The Morgan fingerprint density at radius 1 is 1.26 bits per heavy atom. The third-order valence-electron chi connectivity index (χ3n) is 2.68. The lowest BCUT2D eigenvalue weighted by Crippen LogP contribution is -2.01. The zero-order chi connectivity index (χ0) is 13.7. The number of halogens is 1. The predicted molar refractivity (Wildman–Crippen MR) is 76.7 cm³/mol. The fourth-order valence-corrected chi connectivity index (χ4v) is 2.38. The second-order valence-electron chi connectivity index (χ2n) is 4.01. The zero-order valence-corrected chi connectivity index (χ0v) is 11.3. The number of hydrogen-bond acceptors (Lipinski definition) is 3. The lowest BCUT2D eigenvalue weighted by molar-refractivity contribution is 0.625. The molecule has 0 unspecified atom stereocenters. The van der Waals surface area contributed by atoms with Gasteiger partial charge in [0.2, 0.25) is 0 Å². The van der Waals surface area contributed by atoms with Crippen molar-refractivity contribution in [2.75, 3.05) is 11.6 Å². The van der Waals surface area contributed by atoms with Crippen molar-refractivity contribution in [3.63, 3.8) is 0 Å². The summed E-state index contributed by atoms with van der Waals surface area (Å²) in [7, 11) is 0. The first-order valence-electron chi connectivity index (χ1n) is 5.79. The van der Waals surface area contributed by atoms with E-state index in [1.807, 2.05) is 36.6 Å². The van der Waals surface area contributed by atoms with Gasteiger partial charge in [-0.2, -0.15) is 5.26 Å². The van der Waals surface area contributed by atoms with E-state index < -0.39 is 0 Å². The summed E-state index contributed by atoms with van der Waals surface area (Å²) in [5.74, 6) is -0.381. The third-order valence-corrected chi connectivity index (χ3v) is 3.47. The molecule has 0 aliphatic rings. The summed E-state index contributed by atoms with van der Waals surface area (Å²) in [6.07, 6.45) is 2.01. The molecule has 0 aromatic heterocycles. The lowest BCUT2D eigenvalue weighted by Gasteiger charge is -2.10. The van der Waals surface area contributed by atoms with Gasteiger partial charge in [-0.25, -0.2) is 4.39 Å². The molecule has 4 heteroatoms. The SMILES string of the molecule is CSc1ccccc1NCc1cc(F)cc(C#N)c1. The van der Waals surface area contributed by atoms with E-state index in [-0.39, 0.29) is 5.82 Å². The molecule has 0 radical (unpaired) electrons. The average molecular weight is 272 g/mol. The Morgan fingerprint density at radius 3 is 2.79 bits per heavy atom. The number of nitrogens with one attached hydrogen (secondary N) is 1. The molecule has 0 spiro atoms. The lowest BCUT2D eigenvalue weighted by atomic mass is 10.1. The Bertz CT molecular complexity index is 620. The van der Waals surface area contributed by atoms with Crippen molar-refractivity contribution >= 4 is 17.4 Å². The number of nitrogens with zero attached hydrogens (tertiary/aromatic N) is 1. The Hall–Kier alpha value is -1.99. The quantitative estimate of drug-likeness (QED) is 0.853. The molecule has 0 heterocycles. The maximum Gasteiger partial charge on any atom is 0.124 e. The molecule has 0 saturated heterocycles. The highest BCUT2D eigenvalue weighted by Gasteiger charge is 2.03. The highest BCUT2D eigenvalue weighted by molar-refractivity contribution is 7.98. The molecule has 0 aliphatic carbocycles. The van der Waals surface area contributed by atoms with Crippen LogP contribution in [0, 0.1) is 17.1 Å². The van der Waals surface area contributed by atoms with Gasteiger partial charge >= 0.3 is 0 Å². The maximum absolute atomic E-state index is 13.3. The first kappa shape index (κ1) is 13.4. The molecule has 0 aliphatic heterocycles. The van der Waals surface area contributed by atoms with Gasteiger partial charge in [0.25, 0.3) is 0 Å². The van der Waals surface area contributed by atoms with E-state index >= 15 is 0 Å². The number of hydrogen-bond donors (Lipinski definition) is 1. The van der Waals surface area contributed by atoms with Crippen LogP contribution in [0.1, 0.15) is 11.1 Å². The van der Waals surface area contributed by atoms with Crippen molar-refractivity contribution in [2.24, 2.45) is 0 Å². The fourth-order valence-electron chi connectivity index (χ4n) is 1.80. The predicted octanol–water partition coefficient (Wildman–Crippen LogP) is 4.03. The number of thioether (sulfide) groups is 1. The topological polar surface area (TPSA) is 35.8 Å². The smallest absolute Gasteiger partial charge is 0.124 e. The normalized spacial score (nSPS) is 9.95. The van der Waals surface area contributed by atoms with Crippen LogP contribution in [0.15, 0.2) is 47.4 Å². The summed E-state index contributed by atoms with van der Waals surface area (Å²) in [4.78, 5) is 1.14. The number of rotatable bonds is 4. The number of anilines is 1. The van der Waals surface area contributed by atoms with E-state index in [4.69, 9.17) is 5.26 Å². The molecular weight excluding hydrogens is 259 g/mol. The van der Waals surface area contributed by atoms with Crippen LogP contribution in [0.25, 0.3) is 0 Å². The van der Waals surface area contributed by atoms with Crippen molar-refractivity contribution in [3.05, 3.63) is 59.4 Å². The molecular formula is C15H13FN2S. The van der Waals surface area contributed by atoms with Gasteiger partial charge in [0.05, 0.1) is 11.6 Å². The fraction of sp³-hybridized carbons (Fsp3) is 0.133. The van der Waals surface area contributed by atoms with E-state index in [2.05, 4.69) is 5.32 Å². The van der Waals surface area contributed by atoms with Crippen LogP contribution in [0.3, 0.4) is 0 Å². The Labute approximate surface area is 116 Å². The molecule has 96 valence electrons. The van der Waals surface area contributed by atoms with Crippen molar-refractivity contribution in [1.82, 2.24) is 0 Å². The van der Waals surface area contributed by atoms with E-state index in [0.29, 0.717) is 12.1 Å². The molecule has 2 nitrogen and oxygen atoms in total. The third kappa shape index (κ3) is 3.49. The van der Waals surface area contributed by atoms with Crippen molar-refractivity contribution in [3.8, 4) is 6.07 Å². The minimum atomic E-state index is -0.381. The average Bonchev–Trinajstić information content (AvgIpc) is 2.44. The van der Waals surface area contributed by atoms with Crippen LogP contribution < -0.4 is 5.32 Å². The van der Waals surface area contributed by atoms with Gasteiger partial charge in [-0.15, -0.1) is 11.8 Å². The van der Waals surface area contributed by atoms with Gasteiger partial charge < -0.3 is 5.32 Å². The van der Waals surface area contributed by atoms with E-state index in [1.165, 1.54) is 12.1 Å². The Kier molecular flexibility index (Phi) is 4.43. The van der Waals surface area contributed by atoms with Crippen LogP contribution in [0.4, 0.5) is 10.1 Å². The molecule has 2 aromatic carbocycles. The molecule has 0 atom stereocenters. The van der Waals surface area contributed by atoms with Gasteiger partial charge in [-0.3, -0.25) is 0 Å². The second-order valence-corrected chi connectivity index (χ2v) is 4.86. The molecule has 19 heavy (non-hydrogen) atoms. The summed E-state index contributed by atoms with van der Waals surface area (Å²) in [6.45, 7) is 0.490. The Morgan fingerprint density at radius 2 is 2.05 bits per heavy atom. The molecule has 0 bridgehead atoms. The van der Waals surface area contributed by atoms with E-state index in [1.54, 1.807) is 17.8 Å². The van der Waals surface area contributed by atoms with Gasteiger partial charge in [-0.1, -0.05) is 12.1 Å². The molecule has 1 N–H and O–H groups in total. The van der Waals surface area contributed by atoms with Crippen LogP contribution in [-0.2, 0) is 6.54 Å². The number of benzene rings is 2. The first-order chi connectivity index (χ1) is 9.22. The van der Waals surface area contributed by atoms with Crippen LogP contribution >= 0.6 is 11.8 Å². The summed E-state index contributed by atoms with van der Waals surface area (Å²) in [6, 6.07) is 14.3. The summed E-state index contributed by atoms with van der Waals surface area (Å²) >= 11 is 1.65. The second kappa shape index (κ2) is 6.26. The molecule has 0 fully saturated rings. The Balaban J connectivity index is 2.15. The van der Waals surface area contributed by atoms with Crippen molar-refractivity contribution < 1.29 is 4.39 Å². The van der Waals surface area contributed by atoms with Gasteiger partial charge in [0, 0.05) is 17.1 Å². The summed E-state index contributed by atoms with van der Waals surface area (Å²) in [5.41, 5.74) is 2.11. The highest BCUT2D eigenvalue weighted by atomic mass is 32.2. The van der Waals surface area contributed by atoms with Crippen LogP contribution in [0.5, 0.6) is 0 Å². The zero-order valence-electron chi connectivity index (χ0n) is 10.5. The first-order valence-corrected chi connectivity index (χ1v) is 7.02. The minimum Gasteiger partial charge on any atom is -0.380 e. The molecule has 2 aromatic rings. The van der Waals surface area contributed by atoms with Gasteiger partial charge in [0.1, 0.15) is 5.82 Å². The number of para-hydroxylation sites is 1. The minimum absolute atomic E-state index is 0.343. The highest BCUT2D eigenvalue weighted by Crippen LogP contribution is 2.25. The van der Waals surface area contributed by atoms with Crippen LogP contribution in [0.2, 0.25) is 0 Å².